The van der Waals surface area contributed by atoms with Gasteiger partial charge >= 0.3 is 0 Å². The highest BCUT2D eigenvalue weighted by atomic mass is 16.1. The molecule has 0 aromatic carbocycles. The fraction of sp³-hybridized carbons (Fsp3) is 0.526. The van der Waals surface area contributed by atoms with Crippen LogP contribution in [0.2, 0.25) is 0 Å². The van der Waals surface area contributed by atoms with Gasteiger partial charge in [-0.2, -0.15) is 0 Å². The minimum atomic E-state index is -0.171. The lowest BCUT2D eigenvalue weighted by molar-refractivity contribution is 0.0938. The molecule has 1 aromatic heterocycles. The fourth-order valence-corrected chi connectivity index (χ4v) is 3.50. The smallest absolute Gasteiger partial charge is 0.255 e. The molecule has 1 aliphatic carbocycles. The summed E-state index contributed by atoms with van der Waals surface area (Å²) < 4.78 is 0. The topological polar surface area (TPSA) is 118 Å². The first-order valence-corrected chi connectivity index (χ1v) is 9.40. The van der Waals surface area contributed by atoms with Crippen molar-refractivity contribution in [1.82, 2.24) is 15.6 Å². The maximum Gasteiger partial charge on any atom is 0.255 e. The minimum absolute atomic E-state index is 0.171. The van der Waals surface area contributed by atoms with Crippen LogP contribution in [-0.2, 0) is 0 Å². The van der Waals surface area contributed by atoms with Crippen LogP contribution < -0.4 is 22.1 Å². The van der Waals surface area contributed by atoms with E-state index in [0.717, 1.165) is 62.8 Å². The van der Waals surface area contributed by atoms with Crippen LogP contribution in [0, 0.1) is 0 Å². The predicted molar refractivity (Wildman–Crippen MR) is 105 cm³/mol. The van der Waals surface area contributed by atoms with Gasteiger partial charge in [-0.05, 0) is 44.8 Å². The van der Waals surface area contributed by atoms with E-state index >= 15 is 0 Å². The van der Waals surface area contributed by atoms with Gasteiger partial charge in [0.25, 0.3) is 5.91 Å². The number of nitrogens with two attached hydrogens (primary N) is 2. The van der Waals surface area contributed by atoms with Crippen LogP contribution in [0.4, 0.5) is 5.82 Å². The molecule has 7 heteroatoms. The molecule has 1 saturated carbocycles. The number of aromatic nitrogens is 1. The van der Waals surface area contributed by atoms with E-state index in [1.807, 2.05) is 0 Å². The van der Waals surface area contributed by atoms with E-state index in [-0.39, 0.29) is 17.8 Å². The Morgan fingerprint density at radius 3 is 2.69 bits per heavy atom. The molecule has 26 heavy (non-hydrogen) atoms. The first-order chi connectivity index (χ1) is 12.7. The molecule has 3 rings (SSSR count). The van der Waals surface area contributed by atoms with Crippen molar-refractivity contribution in [3.05, 3.63) is 29.6 Å². The van der Waals surface area contributed by atoms with E-state index in [4.69, 9.17) is 11.5 Å². The summed E-state index contributed by atoms with van der Waals surface area (Å²) in [6.45, 7) is 1.97. The number of amides is 1. The Morgan fingerprint density at radius 1 is 1.27 bits per heavy atom. The Morgan fingerprint density at radius 2 is 2.00 bits per heavy atom. The molecule has 140 valence electrons. The molecule has 1 saturated heterocycles. The zero-order chi connectivity index (χ0) is 18.4. The van der Waals surface area contributed by atoms with Crippen LogP contribution in [0.5, 0.6) is 0 Å². The number of nitrogen functional groups attached to an aromatic ring is 1. The van der Waals surface area contributed by atoms with Gasteiger partial charge in [-0.3, -0.25) is 9.79 Å². The molecular formula is C19H28N6O. The van der Waals surface area contributed by atoms with Gasteiger partial charge in [0.15, 0.2) is 0 Å². The van der Waals surface area contributed by atoms with Crippen molar-refractivity contribution in [2.75, 3.05) is 18.8 Å². The molecule has 0 bridgehead atoms. The van der Waals surface area contributed by atoms with Crippen LogP contribution in [0.1, 0.15) is 54.4 Å². The van der Waals surface area contributed by atoms with Crippen LogP contribution in [0.25, 0.3) is 5.57 Å². The monoisotopic (exact) mass is 356 g/mol. The van der Waals surface area contributed by atoms with Gasteiger partial charge in [0.05, 0.1) is 11.6 Å². The summed E-state index contributed by atoms with van der Waals surface area (Å²) in [7, 11) is 0. The second-order valence-electron chi connectivity index (χ2n) is 6.99. The minimum Gasteiger partial charge on any atom is -0.404 e. The Bertz CT molecular complexity index is 687. The Kier molecular flexibility index (Phi) is 6.22. The van der Waals surface area contributed by atoms with Crippen molar-refractivity contribution >= 4 is 23.5 Å². The maximum atomic E-state index is 12.6. The molecule has 0 spiro atoms. The SMILES string of the molecule is NC=C(C=NC1CCNCC1)c1cnc(N)c(C(=O)NC2CCCC2)c1. The molecule has 2 heterocycles. The third kappa shape index (κ3) is 4.60. The highest BCUT2D eigenvalue weighted by molar-refractivity contribution is 6.10. The summed E-state index contributed by atoms with van der Waals surface area (Å²) in [5, 5.41) is 6.38. The molecular weight excluding hydrogens is 328 g/mol. The van der Waals surface area contributed by atoms with Gasteiger partial charge in [-0.25, -0.2) is 4.98 Å². The number of carbonyl (C=O) groups is 1. The van der Waals surface area contributed by atoms with E-state index in [2.05, 4.69) is 20.6 Å². The number of hydrogen-bond donors (Lipinski definition) is 4. The van der Waals surface area contributed by atoms with E-state index in [1.54, 1.807) is 18.5 Å². The van der Waals surface area contributed by atoms with Crippen LogP contribution in [-0.4, -0.2) is 42.3 Å². The van der Waals surface area contributed by atoms with Gasteiger partial charge in [-0.1, -0.05) is 12.8 Å². The molecule has 7 nitrogen and oxygen atoms in total. The molecule has 0 unspecified atom stereocenters. The number of carbonyl (C=O) groups excluding carboxylic acids is 1. The van der Waals surface area contributed by atoms with E-state index in [1.165, 1.54) is 6.20 Å². The molecule has 1 amide bonds. The molecule has 2 fully saturated rings. The van der Waals surface area contributed by atoms with Gasteiger partial charge < -0.3 is 22.1 Å². The molecule has 0 radical (unpaired) electrons. The van der Waals surface area contributed by atoms with E-state index in [0.29, 0.717) is 11.6 Å². The Labute approximate surface area is 154 Å². The standard InChI is InChI=1S/C19H28N6O/c20-10-14(12-23-15-5-7-22-8-6-15)13-9-17(18(21)24-11-13)19(26)25-16-3-1-2-4-16/h9-12,15-16,22H,1-8,20H2,(H2,21,24)(H,25,26). The van der Waals surface area contributed by atoms with E-state index in [9.17, 15) is 4.79 Å². The normalized spacial score (nSPS) is 19.9. The fourth-order valence-electron chi connectivity index (χ4n) is 3.50. The van der Waals surface area contributed by atoms with Crippen molar-refractivity contribution in [1.29, 1.82) is 0 Å². The summed E-state index contributed by atoms with van der Waals surface area (Å²) in [6.07, 6.45) is 11.3. The quantitative estimate of drug-likeness (QED) is 0.596. The Balaban J connectivity index is 1.73. The molecule has 0 atom stereocenters. The zero-order valence-corrected chi connectivity index (χ0v) is 15.1. The van der Waals surface area contributed by atoms with Crippen molar-refractivity contribution in [2.24, 2.45) is 10.7 Å². The number of hydrogen-bond acceptors (Lipinski definition) is 6. The van der Waals surface area contributed by atoms with Crippen molar-refractivity contribution in [2.45, 2.75) is 50.6 Å². The van der Waals surface area contributed by atoms with E-state index < -0.39 is 0 Å². The Hall–Kier alpha value is -2.41. The van der Waals surface area contributed by atoms with Crippen LogP contribution in [0.15, 0.2) is 23.5 Å². The highest BCUT2D eigenvalue weighted by Gasteiger charge is 2.20. The lowest BCUT2D eigenvalue weighted by atomic mass is 10.1. The number of nitrogens with zero attached hydrogens (tertiary/aromatic N) is 2. The van der Waals surface area contributed by atoms with Crippen LogP contribution in [0.3, 0.4) is 0 Å². The van der Waals surface area contributed by atoms with Crippen molar-refractivity contribution in [3.8, 4) is 0 Å². The summed E-state index contributed by atoms with van der Waals surface area (Å²) in [5.41, 5.74) is 13.6. The number of pyridine rings is 1. The second-order valence-corrected chi connectivity index (χ2v) is 6.99. The summed E-state index contributed by atoms with van der Waals surface area (Å²) in [4.78, 5) is 21.4. The molecule has 1 aliphatic heterocycles. The average Bonchev–Trinajstić information content (AvgIpc) is 3.17. The third-order valence-electron chi connectivity index (χ3n) is 5.10. The summed E-state index contributed by atoms with van der Waals surface area (Å²) in [6, 6.07) is 2.29. The number of anilines is 1. The van der Waals surface area contributed by atoms with Crippen molar-refractivity contribution < 1.29 is 4.79 Å². The number of rotatable bonds is 5. The van der Waals surface area contributed by atoms with Gasteiger partial charge in [0.1, 0.15) is 5.82 Å². The average molecular weight is 356 g/mol. The largest absolute Gasteiger partial charge is 0.404 e. The van der Waals surface area contributed by atoms with Crippen LogP contribution >= 0.6 is 0 Å². The summed E-state index contributed by atoms with van der Waals surface area (Å²) in [5.74, 6) is 0.0614. The second kappa shape index (κ2) is 8.80. The van der Waals surface area contributed by atoms with Gasteiger partial charge in [0.2, 0.25) is 0 Å². The third-order valence-corrected chi connectivity index (χ3v) is 5.10. The number of piperidine rings is 1. The first kappa shape index (κ1) is 18.4. The molecule has 2 aliphatic rings. The summed E-state index contributed by atoms with van der Waals surface area (Å²) >= 11 is 0. The zero-order valence-electron chi connectivity index (χ0n) is 15.1. The molecule has 1 aromatic rings. The number of allylic oxidation sites excluding steroid dienone is 1. The van der Waals surface area contributed by atoms with Gasteiger partial charge in [-0.15, -0.1) is 0 Å². The lowest BCUT2D eigenvalue weighted by Gasteiger charge is -2.18. The predicted octanol–water partition coefficient (Wildman–Crippen LogP) is 1.46. The highest BCUT2D eigenvalue weighted by Crippen LogP contribution is 2.21. The lowest BCUT2D eigenvalue weighted by Crippen LogP contribution is -2.33. The number of nitrogens with one attached hydrogen (secondary N) is 2. The van der Waals surface area contributed by atoms with Gasteiger partial charge in [0, 0.05) is 35.8 Å². The number of aliphatic imine (C=N–C) groups is 1. The first-order valence-electron chi connectivity index (χ1n) is 9.40. The maximum absolute atomic E-state index is 12.6. The molecule has 6 N–H and O–H groups in total. The van der Waals surface area contributed by atoms with Crippen molar-refractivity contribution in [3.63, 3.8) is 0 Å².